The third-order valence-electron chi connectivity index (χ3n) is 3.86. The Balaban J connectivity index is 0.00000155. The molecule has 156 valence electrons. The summed E-state index contributed by atoms with van der Waals surface area (Å²) in [6.07, 6.45) is -2.66. The summed E-state index contributed by atoms with van der Waals surface area (Å²) in [5.74, 6) is -4.90. The lowest BCUT2D eigenvalue weighted by molar-refractivity contribution is -0.187. The van der Waals surface area contributed by atoms with E-state index in [1.54, 1.807) is 18.3 Å². The van der Waals surface area contributed by atoms with Crippen LogP contribution >= 0.6 is 0 Å². The fourth-order valence-electron chi connectivity index (χ4n) is 2.47. The van der Waals surface area contributed by atoms with Gasteiger partial charge in [0.1, 0.15) is 34.8 Å². The maximum Gasteiger partial charge on any atom is 0.429 e. The Morgan fingerprint density at radius 2 is 1.57 bits per heavy atom. The van der Waals surface area contributed by atoms with Gasteiger partial charge in [0.25, 0.3) is 0 Å². The Bertz CT molecular complexity index is 1050. The highest BCUT2D eigenvalue weighted by molar-refractivity contribution is 5.60. The van der Waals surface area contributed by atoms with E-state index < -0.39 is 40.4 Å². The third-order valence-corrected chi connectivity index (χ3v) is 3.86. The van der Waals surface area contributed by atoms with Crippen LogP contribution in [0.25, 0.3) is 11.3 Å². The van der Waals surface area contributed by atoms with Crippen molar-refractivity contribution in [1.29, 1.82) is 5.26 Å². The van der Waals surface area contributed by atoms with Gasteiger partial charge in [-0.2, -0.15) is 14.0 Å². The zero-order valence-corrected chi connectivity index (χ0v) is 16.3. The van der Waals surface area contributed by atoms with Crippen molar-refractivity contribution in [3.63, 3.8) is 0 Å². The van der Waals surface area contributed by atoms with Crippen molar-refractivity contribution in [3.05, 3.63) is 82.8 Å². The third kappa shape index (κ3) is 4.92. The molecular weight excluding hydrogens is 403 g/mol. The SMILES string of the molecule is CC.Cc1ccc(-c2ccc(C(F)(F)Oc3cc(F)c(C#N)c(F)c3)c(F)c2)nc1. The molecule has 0 amide bonds. The van der Waals surface area contributed by atoms with Crippen molar-refractivity contribution >= 4 is 0 Å². The van der Waals surface area contributed by atoms with E-state index >= 15 is 0 Å². The molecule has 8 heteroatoms. The molecule has 0 unspecified atom stereocenters. The molecule has 0 atom stereocenters. The molecule has 0 aliphatic heterocycles. The molecule has 0 N–H and O–H groups in total. The van der Waals surface area contributed by atoms with Gasteiger partial charge < -0.3 is 4.74 Å². The van der Waals surface area contributed by atoms with Crippen molar-refractivity contribution < 1.29 is 26.7 Å². The van der Waals surface area contributed by atoms with Gasteiger partial charge in [0.2, 0.25) is 0 Å². The Morgan fingerprint density at radius 3 is 2.07 bits per heavy atom. The minimum atomic E-state index is -4.21. The molecular formula is C22H17F5N2O. The van der Waals surface area contributed by atoms with Gasteiger partial charge in [-0.25, -0.2) is 13.2 Å². The lowest BCUT2D eigenvalue weighted by Crippen LogP contribution is -2.23. The van der Waals surface area contributed by atoms with Crippen LogP contribution in [0.3, 0.4) is 0 Å². The van der Waals surface area contributed by atoms with Crippen LogP contribution in [0.5, 0.6) is 5.75 Å². The number of hydrogen-bond acceptors (Lipinski definition) is 3. The molecule has 0 saturated heterocycles. The molecule has 0 bridgehead atoms. The number of aryl methyl sites for hydroxylation is 1. The minimum absolute atomic E-state index is 0.271. The molecule has 0 fully saturated rings. The maximum absolute atomic E-state index is 14.3. The van der Waals surface area contributed by atoms with E-state index in [0.717, 1.165) is 17.7 Å². The molecule has 2 aromatic carbocycles. The van der Waals surface area contributed by atoms with Gasteiger partial charge in [-0.1, -0.05) is 26.0 Å². The largest absolute Gasteiger partial charge is 0.429 e. The van der Waals surface area contributed by atoms with E-state index in [0.29, 0.717) is 17.8 Å². The summed E-state index contributed by atoms with van der Waals surface area (Å²) >= 11 is 0. The molecule has 0 radical (unpaired) electrons. The molecule has 0 aliphatic carbocycles. The fraction of sp³-hybridized carbons (Fsp3) is 0.182. The van der Waals surface area contributed by atoms with E-state index in [2.05, 4.69) is 9.72 Å². The highest BCUT2D eigenvalue weighted by Crippen LogP contribution is 2.35. The van der Waals surface area contributed by atoms with Crippen LogP contribution in [0, 0.1) is 35.7 Å². The summed E-state index contributed by atoms with van der Waals surface area (Å²) in [6, 6.07) is 8.37. The number of benzene rings is 2. The topological polar surface area (TPSA) is 45.9 Å². The summed E-state index contributed by atoms with van der Waals surface area (Å²) in [6.45, 7) is 5.81. The molecule has 1 aromatic heterocycles. The molecule has 3 nitrogen and oxygen atoms in total. The maximum atomic E-state index is 14.3. The second kappa shape index (κ2) is 9.35. The van der Waals surface area contributed by atoms with Crippen molar-refractivity contribution in [1.82, 2.24) is 4.98 Å². The van der Waals surface area contributed by atoms with Gasteiger partial charge in [0, 0.05) is 23.9 Å². The number of hydrogen-bond donors (Lipinski definition) is 0. The monoisotopic (exact) mass is 420 g/mol. The van der Waals surface area contributed by atoms with Gasteiger partial charge in [-0.3, -0.25) is 4.98 Å². The predicted octanol–water partition coefficient (Wildman–Crippen LogP) is 6.50. The standard InChI is InChI=1S/C20H11F5N2O.C2H6/c1-11-2-5-19(27-10-11)12-3-4-15(18(23)6-12)20(24,25)28-13-7-16(21)14(9-26)17(22)8-13;1-2/h2-8,10H,1H3;1-2H3. The zero-order chi connectivity index (χ0) is 22.5. The van der Waals surface area contributed by atoms with Gasteiger partial charge >= 0.3 is 6.11 Å². The molecule has 0 spiro atoms. The Hall–Kier alpha value is -3.47. The van der Waals surface area contributed by atoms with Crippen molar-refractivity contribution in [2.45, 2.75) is 26.9 Å². The van der Waals surface area contributed by atoms with E-state index in [1.165, 1.54) is 12.1 Å². The Labute approximate surface area is 170 Å². The quantitative estimate of drug-likeness (QED) is 0.453. The molecule has 3 aromatic rings. The van der Waals surface area contributed by atoms with Crippen LogP contribution in [0.2, 0.25) is 0 Å². The average molecular weight is 420 g/mol. The van der Waals surface area contributed by atoms with Gasteiger partial charge in [-0.15, -0.1) is 0 Å². The molecule has 1 heterocycles. The van der Waals surface area contributed by atoms with Crippen LogP contribution in [0.1, 0.15) is 30.5 Å². The fourth-order valence-corrected chi connectivity index (χ4v) is 2.47. The highest BCUT2D eigenvalue weighted by Gasteiger charge is 2.38. The summed E-state index contributed by atoms with van der Waals surface area (Å²) in [7, 11) is 0. The first kappa shape index (κ1) is 22.8. The molecule has 0 saturated carbocycles. The summed E-state index contributed by atoms with van der Waals surface area (Å²) in [4.78, 5) is 4.09. The zero-order valence-electron chi connectivity index (χ0n) is 16.3. The van der Waals surface area contributed by atoms with E-state index in [4.69, 9.17) is 5.26 Å². The first-order valence-corrected chi connectivity index (χ1v) is 8.90. The predicted molar refractivity (Wildman–Crippen MR) is 101 cm³/mol. The molecule has 0 aliphatic rings. The van der Waals surface area contributed by atoms with Crippen molar-refractivity contribution in [3.8, 4) is 23.1 Å². The van der Waals surface area contributed by atoms with Gasteiger partial charge in [0.05, 0.1) is 11.3 Å². The summed E-state index contributed by atoms with van der Waals surface area (Å²) in [5.41, 5.74) is -0.517. The Morgan fingerprint density at radius 1 is 0.933 bits per heavy atom. The lowest BCUT2D eigenvalue weighted by atomic mass is 10.1. The minimum Gasteiger partial charge on any atom is -0.429 e. The first-order valence-electron chi connectivity index (χ1n) is 8.90. The second-order valence-electron chi connectivity index (χ2n) is 5.91. The van der Waals surface area contributed by atoms with Crippen molar-refractivity contribution in [2.75, 3.05) is 0 Å². The summed E-state index contributed by atoms with van der Waals surface area (Å²) in [5, 5.41) is 8.60. The van der Waals surface area contributed by atoms with E-state index in [-0.39, 0.29) is 5.56 Å². The van der Waals surface area contributed by atoms with Gasteiger partial charge in [-0.05, 0) is 30.7 Å². The second-order valence-corrected chi connectivity index (χ2v) is 5.91. The van der Waals surface area contributed by atoms with Crippen LogP contribution in [0.15, 0.2) is 48.7 Å². The van der Waals surface area contributed by atoms with Crippen LogP contribution < -0.4 is 4.74 Å². The number of pyridine rings is 1. The Kier molecular flexibility index (Phi) is 7.11. The number of aromatic nitrogens is 1. The van der Waals surface area contributed by atoms with E-state index in [9.17, 15) is 22.0 Å². The van der Waals surface area contributed by atoms with E-state index in [1.807, 2.05) is 20.8 Å². The number of nitriles is 1. The molecule has 3 rings (SSSR count). The normalized spacial score (nSPS) is 10.6. The smallest absolute Gasteiger partial charge is 0.429 e. The van der Waals surface area contributed by atoms with Crippen molar-refractivity contribution in [2.24, 2.45) is 0 Å². The van der Waals surface area contributed by atoms with Crippen LogP contribution in [-0.4, -0.2) is 4.98 Å². The van der Waals surface area contributed by atoms with Crippen LogP contribution in [-0.2, 0) is 6.11 Å². The lowest BCUT2D eigenvalue weighted by Gasteiger charge is -2.19. The number of ether oxygens (including phenoxy) is 1. The average Bonchev–Trinajstić information content (AvgIpc) is 2.69. The number of halogens is 5. The van der Waals surface area contributed by atoms with Crippen LogP contribution in [0.4, 0.5) is 22.0 Å². The summed E-state index contributed by atoms with van der Waals surface area (Å²) < 4.78 is 74.5. The number of alkyl halides is 2. The van der Waals surface area contributed by atoms with Gasteiger partial charge in [0.15, 0.2) is 0 Å². The first-order chi connectivity index (χ1) is 14.2. The number of nitrogens with zero attached hydrogens (tertiary/aromatic N) is 2. The molecule has 30 heavy (non-hydrogen) atoms. The number of rotatable bonds is 4. The highest BCUT2D eigenvalue weighted by atomic mass is 19.3.